The highest BCUT2D eigenvalue weighted by Gasteiger charge is 2.30. The predicted octanol–water partition coefficient (Wildman–Crippen LogP) is 2.17. The molecule has 0 amide bonds. The smallest absolute Gasteiger partial charge is 0.351 e. The molecular formula is C15H13N3O4S2. The van der Waals surface area contributed by atoms with Crippen molar-refractivity contribution in [2.45, 2.75) is 24.5 Å². The van der Waals surface area contributed by atoms with Crippen molar-refractivity contribution in [1.29, 1.82) is 0 Å². The van der Waals surface area contributed by atoms with Gasteiger partial charge in [-0.1, -0.05) is 0 Å². The van der Waals surface area contributed by atoms with E-state index in [4.69, 9.17) is 5.11 Å². The summed E-state index contributed by atoms with van der Waals surface area (Å²) < 4.78 is 2.05. The largest absolute Gasteiger partial charge is 0.478 e. The minimum absolute atomic E-state index is 0.0526. The molecule has 0 aromatic carbocycles. The molecule has 2 aromatic rings. The van der Waals surface area contributed by atoms with Gasteiger partial charge in [-0.3, -0.25) is 9.39 Å². The maximum absolute atomic E-state index is 11.6. The van der Waals surface area contributed by atoms with E-state index >= 15 is 0 Å². The van der Waals surface area contributed by atoms with Crippen molar-refractivity contribution in [3.8, 4) is 0 Å². The van der Waals surface area contributed by atoms with E-state index in [1.807, 2.05) is 10.6 Å². The van der Waals surface area contributed by atoms with Crippen molar-refractivity contribution >= 4 is 45.7 Å². The van der Waals surface area contributed by atoms with Crippen molar-refractivity contribution in [1.82, 2.24) is 9.38 Å². The Labute approximate surface area is 144 Å². The summed E-state index contributed by atoms with van der Waals surface area (Å²) in [7, 11) is 0. The molecule has 0 fully saturated rings. The number of hydrogen-bond acceptors (Lipinski definition) is 6. The molecule has 24 heavy (non-hydrogen) atoms. The van der Waals surface area contributed by atoms with Crippen LogP contribution in [-0.2, 0) is 22.4 Å². The monoisotopic (exact) mass is 363 g/mol. The third-order valence-electron chi connectivity index (χ3n) is 4.13. The number of carbonyl (C=O) groups is 2. The molecule has 0 spiro atoms. The lowest BCUT2D eigenvalue weighted by Gasteiger charge is -2.12. The number of carboxylic acids is 2. The van der Waals surface area contributed by atoms with Gasteiger partial charge in [0.25, 0.3) is 0 Å². The Morgan fingerprint density at radius 2 is 2.08 bits per heavy atom. The van der Waals surface area contributed by atoms with Crippen LogP contribution in [0.25, 0.3) is 4.96 Å². The van der Waals surface area contributed by atoms with Gasteiger partial charge in [-0.2, -0.15) is 0 Å². The topological polar surface area (TPSA) is 104 Å². The Balaban J connectivity index is 1.73. The van der Waals surface area contributed by atoms with Crippen molar-refractivity contribution in [3.05, 3.63) is 34.2 Å². The molecule has 2 N–H and O–H groups in total. The van der Waals surface area contributed by atoms with Gasteiger partial charge in [-0.05, 0) is 19.3 Å². The summed E-state index contributed by atoms with van der Waals surface area (Å²) in [6.45, 7) is 0. The molecule has 0 unspecified atom stereocenters. The Bertz CT molecular complexity index is 925. The van der Waals surface area contributed by atoms with E-state index in [0.717, 1.165) is 30.4 Å². The van der Waals surface area contributed by atoms with Gasteiger partial charge in [0, 0.05) is 28.7 Å². The van der Waals surface area contributed by atoms with Crippen molar-refractivity contribution in [2.75, 3.05) is 5.75 Å². The van der Waals surface area contributed by atoms with Gasteiger partial charge in [0.2, 0.25) is 0 Å². The molecule has 7 nitrogen and oxygen atoms in total. The van der Waals surface area contributed by atoms with E-state index in [2.05, 4.69) is 9.98 Å². The molecular weight excluding hydrogens is 350 g/mol. The molecule has 1 aliphatic heterocycles. The molecule has 1 aliphatic carbocycles. The Morgan fingerprint density at radius 3 is 2.83 bits per heavy atom. The number of thiazole rings is 1. The highest BCUT2D eigenvalue weighted by Crippen LogP contribution is 2.39. The number of aromatic nitrogens is 2. The average Bonchev–Trinajstić information content (AvgIpc) is 3.14. The van der Waals surface area contributed by atoms with E-state index < -0.39 is 17.2 Å². The first kappa shape index (κ1) is 15.4. The van der Waals surface area contributed by atoms with Gasteiger partial charge in [-0.25, -0.2) is 14.6 Å². The van der Waals surface area contributed by atoms with Crippen LogP contribution in [0.4, 0.5) is 0 Å². The predicted molar refractivity (Wildman–Crippen MR) is 91.1 cm³/mol. The molecule has 2 aliphatic rings. The standard InChI is InChI=1S/C15H13N3O4S2/c19-13(20)7-4-16-9(14(21)22)6-23-12(7)8-5-18-10-2-1-3-11(10)24-15(18)17-8/h4-5,12H,1-3,6H2,(H,19,20)(H,21,22)/t12-/m1/s1. The van der Waals surface area contributed by atoms with Gasteiger partial charge in [0.05, 0.1) is 16.5 Å². The van der Waals surface area contributed by atoms with Crippen LogP contribution in [0.5, 0.6) is 0 Å². The van der Waals surface area contributed by atoms with E-state index in [9.17, 15) is 14.7 Å². The quantitative estimate of drug-likeness (QED) is 0.866. The first-order valence-corrected chi connectivity index (χ1v) is 9.25. The molecule has 3 heterocycles. The minimum Gasteiger partial charge on any atom is -0.478 e. The normalized spacial score (nSPS) is 20.4. The Kier molecular flexibility index (Phi) is 3.69. The van der Waals surface area contributed by atoms with Crippen molar-refractivity contribution in [3.63, 3.8) is 0 Å². The summed E-state index contributed by atoms with van der Waals surface area (Å²) in [5, 5.41) is 18.0. The molecule has 9 heteroatoms. The molecule has 0 bridgehead atoms. The molecule has 1 atom stereocenters. The van der Waals surface area contributed by atoms with E-state index in [1.54, 1.807) is 11.3 Å². The number of hydrogen-bond donors (Lipinski definition) is 2. The van der Waals surface area contributed by atoms with Gasteiger partial charge in [0.1, 0.15) is 5.71 Å². The number of aliphatic carboxylic acids is 2. The van der Waals surface area contributed by atoms with Crippen LogP contribution in [0.15, 0.2) is 23.0 Å². The highest BCUT2D eigenvalue weighted by atomic mass is 32.2. The molecule has 0 saturated carbocycles. The lowest BCUT2D eigenvalue weighted by atomic mass is 10.1. The second kappa shape index (κ2) is 5.75. The lowest BCUT2D eigenvalue weighted by molar-refractivity contribution is -0.133. The van der Waals surface area contributed by atoms with Crippen LogP contribution < -0.4 is 0 Å². The van der Waals surface area contributed by atoms with Crippen LogP contribution >= 0.6 is 23.1 Å². The van der Waals surface area contributed by atoms with E-state index in [0.29, 0.717) is 5.69 Å². The number of aryl methyl sites for hydroxylation is 2. The molecule has 0 radical (unpaired) electrons. The maximum atomic E-state index is 11.6. The van der Waals surface area contributed by atoms with E-state index in [1.165, 1.54) is 22.3 Å². The average molecular weight is 363 g/mol. The zero-order valence-electron chi connectivity index (χ0n) is 12.4. The number of aliphatic imine (C=N–C) groups is 1. The zero-order valence-corrected chi connectivity index (χ0v) is 14.1. The van der Waals surface area contributed by atoms with Gasteiger partial charge >= 0.3 is 11.9 Å². The lowest BCUT2D eigenvalue weighted by Crippen LogP contribution is -2.15. The summed E-state index contributed by atoms with van der Waals surface area (Å²) >= 11 is 2.87. The number of nitrogens with zero attached hydrogens (tertiary/aromatic N) is 3. The zero-order chi connectivity index (χ0) is 16.8. The third-order valence-corrected chi connectivity index (χ3v) is 6.55. The summed E-state index contributed by atoms with van der Waals surface area (Å²) in [5.41, 5.74) is 1.90. The van der Waals surface area contributed by atoms with Crippen LogP contribution in [0, 0.1) is 0 Å². The second-order valence-electron chi connectivity index (χ2n) is 5.61. The maximum Gasteiger partial charge on any atom is 0.351 e. The first-order valence-electron chi connectivity index (χ1n) is 7.39. The summed E-state index contributed by atoms with van der Waals surface area (Å²) in [4.78, 5) is 33.3. The first-order chi connectivity index (χ1) is 11.5. The van der Waals surface area contributed by atoms with Crippen molar-refractivity contribution in [2.24, 2.45) is 4.99 Å². The Morgan fingerprint density at radius 1 is 1.25 bits per heavy atom. The third kappa shape index (κ3) is 2.44. The van der Waals surface area contributed by atoms with E-state index in [-0.39, 0.29) is 17.0 Å². The number of carboxylic acid groups (broad SMARTS) is 2. The fourth-order valence-corrected chi connectivity index (χ4v) is 5.33. The van der Waals surface area contributed by atoms with Gasteiger partial charge < -0.3 is 10.2 Å². The van der Waals surface area contributed by atoms with Crippen LogP contribution in [-0.4, -0.2) is 43.0 Å². The molecule has 0 saturated heterocycles. The Hall–Kier alpha value is -2.13. The molecule has 124 valence electrons. The number of thioether (sulfide) groups is 1. The van der Waals surface area contributed by atoms with Crippen LogP contribution in [0.1, 0.15) is 27.9 Å². The number of imidazole rings is 1. The minimum atomic E-state index is -1.13. The van der Waals surface area contributed by atoms with Gasteiger partial charge in [0.15, 0.2) is 4.96 Å². The van der Waals surface area contributed by atoms with Crippen LogP contribution in [0.2, 0.25) is 0 Å². The molecule has 2 aromatic heterocycles. The fourth-order valence-electron chi connectivity index (χ4n) is 2.98. The number of rotatable bonds is 3. The summed E-state index contributed by atoms with van der Waals surface area (Å²) in [6, 6.07) is 0. The van der Waals surface area contributed by atoms with Crippen LogP contribution in [0.3, 0.4) is 0 Å². The SMILES string of the molecule is O=C(O)C1=CN=C(C(=O)O)CS[C@H]1c1cn2c3c(sc2n1)CCC3. The number of fused-ring (bicyclic) bond motifs is 3. The second-order valence-corrected chi connectivity index (χ2v) is 7.76. The molecule has 4 rings (SSSR count). The van der Waals surface area contributed by atoms with Gasteiger partial charge in [-0.15, -0.1) is 23.1 Å². The fraction of sp³-hybridized carbons (Fsp3) is 0.333. The summed E-state index contributed by atoms with van der Waals surface area (Å²) in [6.07, 6.45) is 6.26. The summed E-state index contributed by atoms with van der Waals surface area (Å²) in [5.74, 6) is -2.10. The van der Waals surface area contributed by atoms with Crippen molar-refractivity contribution < 1.29 is 19.8 Å². The highest BCUT2D eigenvalue weighted by molar-refractivity contribution is 8.00.